The van der Waals surface area contributed by atoms with Gasteiger partial charge in [-0.2, -0.15) is 0 Å². The van der Waals surface area contributed by atoms with Gasteiger partial charge in [-0.3, -0.25) is 9.59 Å². The van der Waals surface area contributed by atoms with Gasteiger partial charge in [0.2, 0.25) is 11.8 Å². The lowest BCUT2D eigenvalue weighted by molar-refractivity contribution is -0.127. The van der Waals surface area contributed by atoms with Gasteiger partial charge in [-0.15, -0.1) is 0 Å². The molecule has 1 saturated heterocycles. The van der Waals surface area contributed by atoms with Gasteiger partial charge in [0.05, 0.1) is 6.04 Å². The van der Waals surface area contributed by atoms with Crippen molar-refractivity contribution in [2.75, 3.05) is 6.54 Å². The van der Waals surface area contributed by atoms with Gasteiger partial charge in [-0.25, -0.2) is 4.79 Å². The highest BCUT2D eigenvalue weighted by atomic mass is 35.5. The van der Waals surface area contributed by atoms with Gasteiger partial charge >= 0.3 is 6.09 Å². The van der Waals surface area contributed by atoms with E-state index >= 15 is 0 Å². The Morgan fingerprint density at radius 1 is 1.15 bits per heavy atom. The largest absolute Gasteiger partial charge is 0.445 e. The van der Waals surface area contributed by atoms with E-state index in [9.17, 15) is 19.2 Å². The molecule has 1 aromatic carbocycles. The standard InChI is InChI=1S/C24H32ClN3O5/c25-19-8-4-7-17(11-19)15-33-24(32)28-21(12-16-5-2-1-3-6-16)23(31)27-20(14-29)13-18-9-10-26-22(18)30/h4,7-8,11,14,16,18,20-21H,1-3,5-6,9-10,12-13,15H2,(H,26,30)(H,27,31)(H,28,32)/t18-,20-,21-/m0/s1. The van der Waals surface area contributed by atoms with Gasteiger partial charge in [0, 0.05) is 17.5 Å². The van der Waals surface area contributed by atoms with Crippen molar-refractivity contribution in [3.05, 3.63) is 34.9 Å². The number of alkyl carbamates (subject to hydrolysis) is 1. The normalized spacial score (nSPS) is 20.4. The van der Waals surface area contributed by atoms with Crippen LogP contribution in [0.3, 0.4) is 0 Å². The Morgan fingerprint density at radius 3 is 2.61 bits per heavy atom. The van der Waals surface area contributed by atoms with Crippen LogP contribution < -0.4 is 16.0 Å². The Hall–Kier alpha value is -2.61. The first-order valence-corrected chi connectivity index (χ1v) is 12.0. The third kappa shape index (κ3) is 8.03. The summed E-state index contributed by atoms with van der Waals surface area (Å²) in [5.74, 6) is -0.515. The molecule has 2 aliphatic rings. The molecule has 0 unspecified atom stereocenters. The van der Waals surface area contributed by atoms with Crippen LogP contribution in [0.4, 0.5) is 4.79 Å². The first-order valence-electron chi connectivity index (χ1n) is 11.7. The van der Waals surface area contributed by atoms with Crippen LogP contribution in [0.25, 0.3) is 0 Å². The number of nitrogens with one attached hydrogen (secondary N) is 3. The minimum absolute atomic E-state index is 0.0257. The molecule has 8 nitrogen and oxygen atoms in total. The predicted molar refractivity (Wildman–Crippen MR) is 123 cm³/mol. The van der Waals surface area contributed by atoms with Crippen LogP contribution in [0, 0.1) is 11.8 Å². The number of aldehydes is 1. The Labute approximate surface area is 199 Å². The van der Waals surface area contributed by atoms with Gasteiger partial charge < -0.3 is 25.5 Å². The predicted octanol–water partition coefficient (Wildman–Crippen LogP) is 3.12. The van der Waals surface area contributed by atoms with E-state index in [-0.39, 0.29) is 24.9 Å². The van der Waals surface area contributed by atoms with Gasteiger partial charge in [0.25, 0.3) is 0 Å². The van der Waals surface area contributed by atoms with Crippen molar-refractivity contribution >= 4 is 35.8 Å². The van der Waals surface area contributed by atoms with Crippen LogP contribution in [0.2, 0.25) is 5.02 Å². The number of hydrogen-bond donors (Lipinski definition) is 3. The molecule has 0 radical (unpaired) electrons. The van der Waals surface area contributed by atoms with Crippen molar-refractivity contribution in [1.29, 1.82) is 0 Å². The monoisotopic (exact) mass is 477 g/mol. The average Bonchev–Trinajstić information content (AvgIpc) is 3.21. The molecule has 2 fully saturated rings. The van der Waals surface area contributed by atoms with Crippen LogP contribution in [0.15, 0.2) is 24.3 Å². The summed E-state index contributed by atoms with van der Waals surface area (Å²) >= 11 is 5.96. The number of benzene rings is 1. The number of rotatable bonds is 10. The molecule has 33 heavy (non-hydrogen) atoms. The molecule has 1 aliphatic heterocycles. The van der Waals surface area contributed by atoms with Crippen LogP contribution in [0.5, 0.6) is 0 Å². The van der Waals surface area contributed by atoms with Crippen molar-refractivity contribution in [3.63, 3.8) is 0 Å². The second-order valence-corrected chi connectivity index (χ2v) is 9.34. The number of ether oxygens (including phenoxy) is 1. The summed E-state index contributed by atoms with van der Waals surface area (Å²) in [5.41, 5.74) is 0.738. The first-order chi connectivity index (χ1) is 15.9. The highest BCUT2D eigenvalue weighted by molar-refractivity contribution is 6.30. The van der Waals surface area contributed by atoms with E-state index in [0.29, 0.717) is 36.6 Å². The zero-order valence-corrected chi connectivity index (χ0v) is 19.4. The Morgan fingerprint density at radius 2 is 1.94 bits per heavy atom. The Kier molecular flexibility index (Phi) is 9.54. The molecule has 1 aliphatic carbocycles. The molecule has 3 amide bonds. The fourth-order valence-corrected chi connectivity index (χ4v) is 4.77. The summed E-state index contributed by atoms with van der Waals surface area (Å²) in [5, 5.41) is 8.68. The zero-order valence-electron chi connectivity index (χ0n) is 18.7. The van der Waals surface area contributed by atoms with Crippen molar-refractivity contribution in [1.82, 2.24) is 16.0 Å². The highest BCUT2D eigenvalue weighted by Crippen LogP contribution is 2.27. The lowest BCUT2D eigenvalue weighted by Gasteiger charge is -2.27. The van der Waals surface area contributed by atoms with Crippen molar-refractivity contribution in [3.8, 4) is 0 Å². The average molecular weight is 478 g/mol. The minimum atomic E-state index is -0.820. The Balaban J connectivity index is 1.59. The van der Waals surface area contributed by atoms with Crippen molar-refractivity contribution in [2.24, 2.45) is 11.8 Å². The minimum Gasteiger partial charge on any atom is -0.445 e. The zero-order chi connectivity index (χ0) is 23.6. The van der Waals surface area contributed by atoms with Gasteiger partial charge in [0.1, 0.15) is 18.9 Å². The second-order valence-electron chi connectivity index (χ2n) is 8.91. The number of carbonyl (C=O) groups is 4. The van der Waals surface area contributed by atoms with Gasteiger partial charge in [0.15, 0.2) is 0 Å². The molecule has 0 aromatic heterocycles. The topological polar surface area (TPSA) is 114 Å². The van der Waals surface area contributed by atoms with E-state index in [2.05, 4.69) is 16.0 Å². The summed E-state index contributed by atoms with van der Waals surface area (Å²) in [6.07, 6.45) is 6.70. The van der Waals surface area contributed by atoms with Crippen molar-refractivity contribution in [2.45, 2.75) is 70.1 Å². The molecular formula is C24H32ClN3O5. The van der Waals surface area contributed by atoms with Crippen LogP contribution >= 0.6 is 11.6 Å². The molecule has 9 heteroatoms. The third-order valence-corrected chi connectivity index (χ3v) is 6.59. The van der Waals surface area contributed by atoms with Gasteiger partial charge in [-0.1, -0.05) is 55.8 Å². The number of hydrogen-bond acceptors (Lipinski definition) is 5. The van der Waals surface area contributed by atoms with Gasteiger partial charge in [-0.05, 0) is 42.9 Å². The summed E-state index contributed by atoms with van der Waals surface area (Å²) < 4.78 is 5.29. The molecule has 3 atom stereocenters. The number of carbonyl (C=O) groups excluding carboxylic acids is 4. The molecule has 3 N–H and O–H groups in total. The molecule has 0 spiro atoms. The van der Waals surface area contributed by atoms with E-state index < -0.39 is 24.1 Å². The maximum atomic E-state index is 13.0. The second kappa shape index (κ2) is 12.6. The summed E-state index contributed by atoms with van der Waals surface area (Å²) in [7, 11) is 0. The molecule has 0 bridgehead atoms. The Bertz CT molecular complexity index is 843. The lowest BCUT2D eigenvalue weighted by atomic mass is 9.84. The van der Waals surface area contributed by atoms with Crippen LogP contribution in [-0.4, -0.2) is 42.8 Å². The number of halogens is 1. The van der Waals surface area contributed by atoms with E-state index in [1.54, 1.807) is 24.3 Å². The SMILES string of the molecule is O=C[C@H](C[C@@H]1CCNC1=O)NC(=O)[C@H](CC1CCCCC1)NC(=O)OCc1cccc(Cl)c1. The lowest BCUT2D eigenvalue weighted by Crippen LogP contribution is -2.51. The maximum absolute atomic E-state index is 13.0. The molecular weight excluding hydrogens is 446 g/mol. The summed E-state index contributed by atoms with van der Waals surface area (Å²) in [6, 6.07) is 5.38. The van der Waals surface area contributed by atoms with E-state index in [1.165, 1.54) is 6.42 Å². The first kappa shape index (κ1) is 25.0. The van der Waals surface area contributed by atoms with E-state index in [1.807, 2.05) is 0 Å². The van der Waals surface area contributed by atoms with Crippen LogP contribution in [0.1, 0.15) is 56.9 Å². The van der Waals surface area contributed by atoms with Crippen molar-refractivity contribution < 1.29 is 23.9 Å². The van der Waals surface area contributed by atoms with Crippen LogP contribution in [-0.2, 0) is 25.7 Å². The molecule has 1 saturated carbocycles. The summed E-state index contributed by atoms with van der Waals surface area (Å²) in [6.45, 7) is 0.602. The van der Waals surface area contributed by atoms with E-state index in [4.69, 9.17) is 16.3 Å². The third-order valence-electron chi connectivity index (χ3n) is 6.35. The fraction of sp³-hybridized carbons (Fsp3) is 0.583. The fourth-order valence-electron chi connectivity index (χ4n) is 4.56. The molecule has 180 valence electrons. The molecule has 1 heterocycles. The number of amides is 3. The molecule has 3 rings (SSSR count). The smallest absolute Gasteiger partial charge is 0.408 e. The quantitative estimate of drug-likeness (QED) is 0.448. The summed E-state index contributed by atoms with van der Waals surface area (Å²) in [4.78, 5) is 48.9. The van der Waals surface area contributed by atoms with E-state index in [0.717, 1.165) is 31.2 Å². The highest BCUT2D eigenvalue weighted by Gasteiger charge is 2.31. The molecule has 1 aromatic rings. The maximum Gasteiger partial charge on any atom is 0.408 e.